The fraction of sp³-hybridized carbons (Fsp3) is 0.0455. The first-order chi connectivity index (χ1) is 12.3. The average Bonchev–Trinajstić information content (AvgIpc) is 3.01. The number of hydrogen-bond acceptors (Lipinski definition) is 2. The number of para-hydroxylation sites is 1. The molecule has 122 valence electrons. The average molecular weight is 326 g/mol. The van der Waals surface area contributed by atoms with Gasteiger partial charge in [-0.25, -0.2) is 4.68 Å². The van der Waals surface area contributed by atoms with Crippen molar-refractivity contribution in [3.8, 4) is 34.0 Å². The van der Waals surface area contributed by atoms with Gasteiger partial charge in [-0.15, -0.1) is 0 Å². The molecule has 0 spiro atoms. The van der Waals surface area contributed by atoms with E-state index in [1.807, 2.05) is 96.5 Å². The third kappa shape index (κ3) is 2.70. The molecule has 0 aliphatic carbocycles. The Morgan fingerprint density at radius 1 is 0.760 bits per heavy atom. The first-order valence-electron chi connectivity index (χ1n) is 8.24. The maximum absolute atomic E-state index is 11.0. The van der Waals surface area contributed by atoms with Crippen LogP contribution in [0, 0.1) is 6.92 Å². The van der Waals surface area contributed by atoms with Gasteiger partial charge >= 0.3 is 0 Å². The molecule has 3 heteroatoms. The number of nitrogens with zero attached hydrogens (tertiary/aromatic N) is 2. The summed E-state index contributed by atoms with van der Waals surface area (Å²) in [7, 11) is 0. The minimum atomic E-state index is 0.198. The Hall–Kier alpha value is -3.33. The van der Waals surface area contributed by atoms with Gasteiger partial charge in [0.15, 0.2) is 5.75 Å². The van der Waals surface area contributed by atoms with Gasteiger partial charge in [0.25, 0.3) is 0 Å². The van der Waals surface area contributed by atoms with E-state index in [0.717, 1.165) is 22.4 Å². The normalized spacial score (nSPS) is 10.8. The number of rotatable bonds is 3. The van der Waals surface area contributed by atoms with E-state index in [-0.39, 0.29) is 5.75 Å². The van der Waals surface area contributed by atoms with Crippen molar-refractivity contribution in [2.45, 2.75) is 6.92 Å². The van der Waals surface area contributed by atoms with Crippen molar-refractivity contribution < 1.29 is 5.11 Å². The zero-order chi connectivity index (χ0) is 17.2. The Balaban J connectivity index is 2.02. The van der Waals surface area contributed by atoms with Crippen molar-refractivity contribution >= 4 is 0 Å². The zero-order valence-electron chi connectivity index (χ0n) is 13.9. The van der Waals surface area contributed by atoms with Crippen molar-refractivity contribution in [1.82, 2.24) is 9.78 Å². The molecule has 0 saturated heterocycles. The van der Waals surface area contributed by atoms with Crippen molar-refractivity contribution in [1.29, 1.82) is 0 Å². The van der Waals surface area contributed by atoms with Gasteiger partial charge in [0.1, 0.15) is 11.4 Å². The molecule has 4 aromatic rings. The smallest absolute Gasteiger partial charge is 0.170 e. The van der Waals surface area contributed by atoms with Crippen LogP contribution in [0.5, 0.6) is 5.75 Å². The van der Waals surface area contributed by atoms with Crippen LogP contribution in [0.2, 0.25) is 0 Å². The maximum atomic E-state index is 11.0. The van der Waals surface area contributed by atoms with Gasteiger partial charge in [-0.05, 0) is 24.6 Å². The fourth-order valence-corrected chi connectivity index (χ4v) is 3.04. The maximum Gasteiger partial charge on any atom is 0.170 e. The van der Waals surface area contributed by atoms with E-state index in [2.05, 4.69) is 0 Å². The first-order valence-corrected chi connectivity index (χ1v) is 8.24. The van der Waals surface area contributed by atoms with Crippen LogP contribution < -0.4 is 0 Å². The Labute approximate surface area is 146 Å². The van der Waals surface area contributed by atoms with Gasteiger partial charge < -0.3 is 5.11 Å². The summed E-state index contributed by atoms with van der Waals surface area (Å²) < 4.78 is 1.82. The SMILES string of the molecule is Cc1ccccc1-c1c(O)c(-c2ccccc2)nn1-c1ccccc1. The second-order valence-corrected chi connectivity index (χ2v) is 5.97. The van der Waals surface area contributed by atoms with Gasteiger partial charge in [0.05, 0.1) is 5.69 Å². The van der Waals surface area contributed by atoms with Crippen LogP contribution in [0.1, 0.15) is 5.56 Å². The predicted molar refractivity (Wildman–Crippen MR) is 101 cm³/mol. The minimum Gasteiger partial charge on any atom is -0.504 e. The van der Waals surface area contributed by atoms with Crippen LogP contribution in [0.3, 0.4) is 0 Å². The summed E-state index contributed by atoms with van der Waals surface area (Å²) >= 11 is 0. The van der Waals surface area contributed by atoms with Gasteiger partial charge in [-0.2, -0.15) is 5.10 Å². The molecule has 0 saturated carbocycles. The Morgan fingerprint density at radius 3 is 2.04 bits per heavy atom. The Bertz CT molecular complexity index is 1000. The molecule has 0 radical (unpaired) electrons. The first kappa shape index (κ1) is 15.2. The standard InChI is InChI=1S/C22H18N2O/c1-16-10-8-9-15-19(16)21-22(25)20(17-11-4-2-5-12-17)23-24(21)18-13-6-3-7-14-18/h2-15,25H,1H3. The fourth-order valence-electron chi connectivity index (χ4n) is 3.04. The highest BCUT2D eigenvalue weighted by Gasteiger charge is 2.21. The van der Waals surface area contributed by atoms with E-state index in [4.69, 9.17) is 5.10 Å². The number of hydrogen-bond donors (Lipinski definition) is 1. The van der Waals surface area contributed by atoms with Crippen LogP contribution in [0.15, 0.2) is 84.9 Å². The highest BCUT2D eigenvalue weighted by Crippen LogP contribution is 2.40. The molecule has 3 aromatic carbocycles. The van der Waals surface area contributed by atoms with E-state index in [0.29, 0.717) is 11.4 Å². The quantitative estimate of drug-likeness (QED) is 0.560. The summed E-state index contributed by atoms with van der Waals surface area (Å²) in [5, 5.41) is 15.8. The number of aryl methyl sites for hydroxylation is 1. The van der Waals surface area contributed by atoms with E-state index >= 15 is 0 Å². The summed E-state index contributed by atoms with van der Waals surface area (Å²) in [5.41, 5.74) is 5.17. The van der Waals surface area contributed by atoms with Gasteiger partial charge in [0.2, 0.25) is 0 Å². The molecule has 3 nitrogen and oxygen atoms in total. The number of benzene rings is 3. The van der Waals surface area contributed by atoms with E-state index in [1.54, 1.807) is 0 Å². The van der Waals surface area contributed by atoms with Gasteiger partial charge in [-0.3, -0.25) is 0 Å². The molecule has 0 atom stereocenters. The number of aromatic nitrogens is 2. The monoisotopic (exact) mass is 326 g/mol. The molecular weight excluding hydrogens is 308 g/mol. The predicted octanol–water partition coefficient (Wildman–Crippen LogP) is 5.22. The summed E-state index contributed by atoms with van der Waals surface area (Å²) in [4.78, 5) is 0. The van der Waals surface area contributed by atoms with Crippen molar-refractivity contribution in [3.05, 3.63) is 90.5 Å². The molecule has 25 heavy (non-hydrogen) atoms. The van der Waals surface area contributed by atoms with Crippen LogP contribution in [-0.4, -0.2) is 14.9 Å². The zero-order valence-corrected chi connectivity index (χ0v) is 13.9. The minimum absolute atomic E-state index is 0.198. The summed E-state index contributed by atoms with van der Waals surface area (Å²) in [5.74, 6) is 0.198. The molecule has 0 aliphatic heterocycles. The third-order valence-corrected chi connectivity index (χ3v) is 4.31. The van der Waals surface area contributed by atoms with E-state index in [9.17, 15) is 5.11 Å². The molecule has 1 N–H and O–H groups in total. The topological polar surface area (TPSA) is 38.1 Å². The van der Waals surface area contributed by atoms with Gasteiger partial charge in [-0.1, -0.05) is 72.8 Å². The van der Waals surface area contributed by atoms with Crippen molar-refractivity contribution in [2.75, 3.05) is 0 Å². The molecule has 0 unspecified atom stereocenters. The van der Waals surface area contributed by atoms with E-state index in [1.165, 1.54) is 0 Å². The molecule has 0 aliphatic rings. The molecule has 1 aromatic heterocycles. The van der Waals surface area contributed by atoms with Crippen LogP contribution in [-0.2, 0) is 0 Å². The highest BCUT2D eigenvalue weighted by atomic mass is 16.3. The van der Waals surface area contributed by atoms with Gasteiger partial charge in [0, 0.05) is 11.1 Å². The Morgan fingerprint density at radius 2 is 1.36 bits per heavy atom. The third-order valence-electron chi connectivity index (χ3n) is 4.31. The van der Waals surface area contributed by atoms with Crippen LogP contribution in [0.4, 0.5) is 0 Å². The molecule has 0 bridgehead atoms. The molecule has 0 amide bonds. The highest BCUT2D eigenvalue weighted by molar-refractivity contribution is 5.80. The lowest BCUT2D eigenvalue weighted by Crippen LogP contribution is -1.99. The summed E-state index contributed by atoms with van der Waals surface area (Å²) in [6.07, 6.45) is 0. The van der Waals surface area contributed by atoms with Crippen LogP contribution in [0.25, 0.3) is 28.2 Å². The second-order valence-electron chi connectivity index (χ2n) is 5.97. The second kappa shape index (κ2) is 6.29. The molecule has 0 fully saturated rings. The largest absolute Gasteiger partial charge is 0.504 e. The lowest BCUT2D eigenvalue weighted by Gasteiger charge is -2.10. The van der Waals surface area contributed by atoms with Crippen molar-refractivity contribution in [2.24, 2.45) is 0 Å². The molecular formula is C22H18N2O. The summed E-state index contributed by atoms with van der Waals surface area (Å²) in [6, 6.07) is 27.7. The Kier molecular flexibility index (Phi) is 3.82. The lowest BCUT2D eigenvalue weighted by atomic mass is 10.0. The number of aromatic hydroxyl groups is 1. The summed E-state index contributed by atoms with van der Waals surface area (Å²) in [6.45, 7) is 2.04. The van der Waals surface area contributed by atoms with Crippen molar-refractivity contribution in [3.63, 3.8) is 0 Å². The van der Waals surface area contributed by atoms with Crippen LogP contribution >= 0.6 is 0 Å². The molecule has 1 heterocycles. The van der Waals surface area contributed by atoms with E-state index < -0.39 is 0 Å². The lowest BCUT2D eigenvalue weighted by molar-refractivity contribution is 0.479. The molecule has 4 rings (SSSR count).